The number of hydrogen-bond donors (Lipinski definition) is 1. The summed E-state index contributed by atoms with van der Waals surface area (Å²) in [5, 5.41) is 2.62. The summed E-state index contributed by atoms with van der Waals surface area (Å²) in [7, 11) is 1.55. The lowest BCUT2D eigenvalue weighted by atomic mass is 9.88. The number of benzene rings is 3. The highest BCUT2D eigenvalue weighted by Gasteiger charge is 2.28. The van der Waals surface area contributed by atoms with Crippen molar-refractivity contribution in [3.8, 4) is 0 Å². The van der Waals surface area contributed by atoms with Gasteiger partial charge in [0.2, 0.25) is 11.8 Å². The molecule has 0 unspecified atom stereocenters. The molecule has 3 rings (SSSR count). The summed E-state index contributed by atoms with van der Waals surface area (Å²) in [6.07, 6.45) is 0.219. The standard InChI is InChI=1S/C26H27FN2O2/c1-19(26(31)28-2)29(18-20-13-15-23(27)16-14-20)25(30)17-24(21-9-5-3-6-10-21)22-11-7-4-8-12-22/h3-16,19,24H,17-18H2,1-2H3,(H,28,31)/t19-/m1/s1. The average Bonchev–Trinajstić information content (AvgIpc) is 2.82. The van der Waals surface area contributed by atoms with Crippen LogP contribution in [-0.4, -0.2) is 29.8 Å². The molecule has 0 spiro atoms. The first kappa shape index (κ1) is 22.2. The first-order valence-electron chi connectivity index (χ1n) is 10.3. The zero-order chi connectivity index (χ0) is 22.2. The zero-order valence-electron chi connectivity index (χ0n) is 17.8. The Balaban J connectivity index is 1.90. The van der Waals surface area contributed by atoms with Gasteiger partial charge >= 0.3 is 0 Å². The van der Waals surface area contributed by atoms with Gasteiger partial charge in [-0.25, -0.2) is 4.39 Å². The molecular formula is C26H27FN2O2. The van der Waals surface area contributed by atoms with Gasteiger partial charge in [-0.1, -0.05) is 72.8 Å². The van der Waals surface area contributed by atoms with E-state index in [0.717, 1.165) is 16.7 Å². The van der Waals surface area contributed by atoms with Gasteiger partial charge < -0.3 is 10.2 Å². The van der Waals surface area contributed by atoms with Gasteiger partial charge in [0.05, 0.1) is 0 Å². The summed E-state index contributed by atoms with van der Waals surface area (Å²) < 4.78 is 13.3. The molecule has 0 aliphatic rings. The molecule has 1 atom stereocenters. The van der Waals surface area contributed by atoms with Crippen molar-refractivity contribution < 1.29 is 14.0 Å². The van der Waals surface area contributed by atoms with Crippen molar-refractivity contribution in [2.24, 2.45) is 0 Å². The highest BCUT2D eigenvalue weighted by Crippen LogP contribution is 2.29. The molecule has 0 radical (unpaired) electrons. The fourth-order valence-corrected chi connectivity index (χ4v) is 3.67. The van der Waals surface area contributed by atoms with E-state index < -0.39 is 6.04 Å². The third-order valence-corrected chi connectivity index (χ3v) is 5.46. The molecule has 0 saturated carbocycles. The van der Waals surface area contributed by atoms with E-state index in [0.29, 0.717) is 0 Å². The molecule has 0 saturated heterocycles. The van der Waals surface area contributed by atoms with Gasteiger partial charge in [-0.2, -0.15) is 0 Å². The first-order valence-corrected chi connectivity index (χ1v) is 10.3. The van der Waals surface area contributed by atoms with Crippen LogP contribution >= 0.6 is 0 Å². The Bertz CT molecular complexity index is 951. The van der Waals surface area contributed by atoms with Crippen LogP contribution in [-0.2, 0) is 16.1 Å². The molecule has 4 nitrogen and oxygen atoms in total. The van der Waals surface area contributed by atoms with E-state index in [2.05, 4.69) is 5.32 Å². The van der Waals surface area contributed by atoms with Crippen molar-refractivity contribution in [3.05, 3.63) is 107 Å². The maximum absolute atomic E-state index is 13.5. The largest absolute Gasteiger partial charge is 0.357 e. The minimum Gasteiger partial charge on any atom is -0.357 e. The van der Waals surface area contributed by atoms with Crippen molar-refractivity contribution >= 4 is 11.8 Å². The lowest BCUT2D eigenvalue weighted by Gasteiger charge is -2.30. The number of nitrogens with zero attached hydrogens (tertiary/aromatic N) is 1. The van der Waals surface area contributed by atoms with Gasteiger partial charge in [-0.15, -0.1) is 0 Å². The second kappa shape index (κ2) is 10.5. The number of hydrogen-bond acceptors (Lipinski definition) is 2. The van der Waals surface area contributed by atoms with Crippen LogP contribution in [0, 0.1) is 5.82 Å². The fraction of sp³-hybridized carbons (Fsp3) is 0.231. The van der Waals surface area contributed by atoms with Crippen molar-refractivity contribution in [1.29, 1.82) is 0 Å². The van der Waals surface area contributed by atoms with Gasteiger partial charge in [0, 0.05) is 25.9 Å². The van der Waals surface area contributed by atoms with Crippen LogP contribution in [0.3, 0.4) is 0 Å². The summed E-state index contributed by atoms with van der Waals surface area (Å²) in [4.78, 5) is 27.4. The SMILES string of the molecule is CNC(=O)[C@@H](C)N(Cc1ccc(F)cc1)C(=O)CC(c1ccccc1)c1ccccc1. The van der Waals surface area contributed by atoms with Crippen molar-refractivity contribution in [2.45, 2.75) is 31.8 Å². The molecule has 3 aromatic carbocycles. The first-order chi connectivity index (χ1) is 15.0. The molecule has 1 N–H and O–H groups in total. The molecule has 0 aliphatic carbocycles. The third kappa shape index (κ3) is 5.79. The molecule has 0 aromatic heterocycles. The van der Waals surface area contributed by atoms with Crippen LogP contribution in [0.25, 0.3) is 0 Å². The third-order valence-electron chi connectivity index (χ3n) is 5.46. The number of amides is 2. The van der Waals surface area contributed by atoms with Crippen molar-refractivity contribution in [3.63, 3.8) is 0 Å². The second-order valence-corrected chi connectivity index (χ2v) is 7.52. The van der Waals surface area contributed by atoms with E-state index in [4.69, 9.17) is 0 Å². The molecule has 0 aliphatic heterocycles. The van der Waals surface area contributed by atoms with E-state index in [1.807, 2.05) is 60.7 Å². The van der Waals surface area contributed by atoms with E-state index in [1.165, 1.54) is 12.1 Å². The van der Waals surface area contributed by atoms with Crippen LogP contribution in [0.2, 0.25) is 0 Å². The van der Waals surface area contributed by atoms with Crippen molar-refractivity contribution in [2.75, 3.05) is 7.05 Å². The Morgan fingerprint density at radius 3 is 1.87 bits per heavy atom. The molecule has 31 heavy (non-hydrogen) atoms. The number of halogens is 1. The molecule has 0 fully saturated rings. The molecule has 2 amide bonds. The van der Waals surface area contributed by atoms with E-state index in [1.54, 1.807) is 31.0 Å². The quantitative estimate of drug-likeness (QED) is 0.585. The summed E-state index contributed by atoms with van der Waals surface area (Å²) in [6, 6.07) is 25.1. The highest BCUT2D eigenvalue weighted by atomic mass is 19.1. The average molecular weight is 419 g/mol. The van der Waals surface area contributed by atoms with E-state index in [9.17, 15) is 14.0 Å². The minimum atomic E-state index is -0.658. The highest BCUT2D eigenvalue weighted by molar-refractivity contribution is 5.87. The molecule has 3 aromatic rings. The van der Waals surface area contributed by atoms with Crippen LogP contribution in [0.1, 0.15) is 36.0 Å². The van der Waals surface area contributed by atoms with Gasteiger partial charge in [0.15, 0.2) is 0 Å². The van der Waals surface area contributed by atoms with E-state index >= 15 is 0 Å². The molecular weight excluding hydrogens is 391 g/mol. The predicted octanol–water partition coefficient (Wildman–Crippen LogP) is 4.51. The van der Waals surface area contributed by atoms with Gasteiger partial charge in [-0.3, -0.25) is 9.59 Å². The molecule has 5 heteroatoms. The van der Waals surface area contributed by atoms with E-state index in [-0.39, 0.29) is 36.5 Å². The molecule has 160 valence electrons. The molecule has 0 heterocycles. The van der Waals surface area contributed by atoms with Gasteiger partial charge in [0.1, 0.15) is 11.9 Å². The smallest absolute Gasteiger partial charge is 0.242 e. The van der Waals surface area contributed by atoms with Crippen LogP contribution in [0.5, 0.6) is 0 Å². The fourth-order valence-electron chi connectivity index (χ4n) is 3.67. The molecule has 0 bridgehead atoms. The Morgan fingerprint density at radius 2 is 1.39 bits per heavy atom. The minimum absolute atomic E-state index is 0.137. The number of nitrogens with one attached hydrogen (secondary N) is 1. The topological polar surface area (TPSA) is 49.4 Å². The summed E-state index contributed by atoms with van der Waals surface area (Å²) in [5.74, 6) is -0.860. The van der Waals surface area contributed by atoms with Gasteiger partial charge in [-0.05, 0) is 35.7 Å². The lowest BCUT2D eigenvalue weighted by Crippen LogP contribution is -2.47. The number of carbonyl (C=O) groups excluding carboxylic acids is 2. The lowest BCUT2D eigenvalue weighted by molar-refractivity contribution is -0.140. The maximum atomic E-state index is 13.5. The summed E-state index contributed by atoms with van der Waals surface area (Å²) in [6.45, 7) is 1.93. The number of carbonyl (C=O) groups is 2. The van der Waals surface area contributed by atoms with Crippen LogP contribution < -0.4 is 5.32 Å². The Hall–Kier alpha value is -3.47. The number of rotatable bonds is 8. The Morgan fingerprint density at radius 1 is 0.871 bits per heavy atom. The second-order valence-electron chi connectivity index (χ2n) is 7.52. The zero-order valence-corrected chi connectivity index (χ0v) is 17.8. The monoisotopic (exact) mass is 418 g/mol. The predicted molar refractivity (Wildman–Crippen MR) is 120 cm³/mol. The normalized spacial score (nSPS) is 11.7. The Labute approximate surface area is 182 Å². The Kier molecular flexibility index (Phi) is 7.55. The maximum Gasteiger partial charge on any atom is 0.242 e. The number of likely N-dealkylation sites (N-methyl/N-ethyl adjacent to an activating group) is 1. The van der Waals surface area contributed by atoms with Crippen LogP contribution in [0.4, 0.5) is 4.39 Å². The summed E-state index contributed by atoms with van der Waals surface area (Å²) >= 11 is 0. The van der Waals surface area contributed by atoms with Gasteiger partial charge in [0.25, 0.3) is 0 Å². The summed E-state index contributed by atoms with van der Waals surface area (Å²) in [5.41, 5.74) is 2.84. The van der Waals surface area contributed by atoms with Crippen LogP contribution in [0.15, 0.2) is 84.9 Å². The van der Waals surface area contributed by atoms with Crippen molar-refractivity contribution in [1.82, 2.24) is 10.2 Å².